The van der Waals surface area contributed by atoms with Crippen LogP contribution in [0.1, 0.15) is 30.9 Å². The zero-order valence-corrected chi connectivity index (χ0v) is 9.44. The molecule has 0 amide bonds. The van der Waals surface area contributed by atoms with E-state index in [9.17, 15) is 13.9 Å². The first-order valence-electron chi connectivity index (χ1n) is 5.02. The van der Waals surface area contributed by atoms with Crippen LogP contribution in [0.15, 0.2) is 12.1 Å². The third-order valence-corrected chi connectivity index (χ3v) is 2.78. The van der Waals surface area contributed by atoms with Gasteiger partial charge in [-0.05, 0) is 18.4 Å². The predicted octanol–water partition coefficient (Wildman–Crippen LogP) is 2.89. The second-order valence-corrected chi connectivity index (χ2v) is 4.08. The number of phenols is 1. The van der Waals surface area contributed by atoms with Gasteiger partial charge in [-0.1, -0.05) is 18.9 Å². The topological polar surface area (TPSA) is 46.2 Å². The molecule has 1 aromatic rings. The van der Waals surface area contributed by atoms with Crippen molar-refractivity contribution >= 4 is 12.4 Å². The molecule has 3 N–H and O–H groups in total. The van der Waals surface area contributed by atoms with Gasteiger partial charge in [0.2, 0.25) is 5.82 Å². The zero-order valence-electron chi connectivity index (χ0n) is 8.62. The Hall–Kier alpha value is -0.870. The molecule has 0 bridgehead atoms. The van der Waals surface area contributed by atoms with Gasteiger partial charge in [-0.15, -0.1) is 12.4 Å². The van der Waals surface area contributed by atoms with Gasteiger partial charge in [0.05, 0.1) is 0 Å². The van der Waals surface area contributed by atoms with Crippen molar-refractivity contribution in [3.8, 4) is 5.75 Å². The number of hydrogen-bond acceptors (Lipinski definition) is 2. The van der Waals surface area contributed by atoms with Crippen molar-refractivity contribution in [1.29, 1.82) is 0 Å². The summed E-state index contributed by atoms with van der Waals surface area (Å²) < 4.78 is 25.7. The largest absolute Gasteiger partial charge is 0.505 e. The van der Waals surface area contributed by atoms with Crippen LogP contribution in [0.3, 0.4) is 0 Å². The summed E-state index contributed by atoms with van der Waals surface area (Å²) in [6, 6.07) is 1.94. The predicted molar refractivity (Wildman–Crippen MR) is 59.5 cm³/mol. The molecule has 0 saturated heterocycles. The fourth-order valence-electron chi connectivity index (χ4n) is 1.69. The molecular formula is C11H14ClF2NO. The maximum absolute atomic E-state index is 13.0. The number of nitrogens with two attached hydrogens (primary N) is 1. The lowest BCUT2D eigenvalue weighted by molar-refractivity contribution is 0.394. The van der Waals surface area contributed by atoms with E-state index in [1.54, 1.807) is 0 Å². The van der Waals surface area contributed by atoms with Gasteiger partial charge in [-0.2, -0.15) is 4.39 Å². The average molecular weight is 250 g/mol. The van der Waals surface area contributed by atoms with Crippen molar-refractivity contribution in [2.75, 3.05) is 0 Å². The van der Waals surface area contributed by atoms with Crippen LogP contribution in [0.25, 0.3) is 0 Å². The first kappa shape index (κ1) is 13.2. The molecule has 90 valence electrons. The van der Waals surface area contributed by atoms with Gasteiger partial charge in [0, 0.05) is 11.6 Å². The van der Waals surface area contributed by atoms with Crippen LogP contribution in [0, 0.1) is 17.6 Å². The van der Waals surface area contributed by atoms with E-state index in [1.165, 1.54) is 6.07 Å². The van der Waals surface area contributed by atoms with Crippen molar-refractivity contribution in [3.05, 3.63) is 29.3 Å². The number of aromatic hydroxyl groups is 1. The molecule has 5 heteroatoms. The molecule has 0 aliphatic heterocycles. The SMILES string of the molecule is Cl.N[C@@H](CC1CC1)c1ccc(F)c(F)c1O. The van der Waals surface area contributed by atoms with Crippen molar-refractivity contribution in [1.82, 2.24) is 0 Å². The number of phenolic OH excluding ortho intramolecular Hbond substituents is 1. The molecule has 1 aliphatic rings. The van der Waals surface area contributed by atoms with Crippen LogP contribution in [-0.2, 0) is 0 Å². The molecule has 2 nitrogen and oxygen atoms in total. The Morgan fingerprint density at radius 2 is 2.00 bits per heavy atom. The maximum Gasteiger partial charge on any atom is 0.200 e. The molecule has 1 saturated carbocycles. The summed E-state index contributed by atoms with van der Waals surface area (Å²) in [6.07, 6.45) is 2.99. The fourth-order valence-corrected chi connectivity index (χ4v) is 1.69. The normalized spacial score (nSPS) is 16.7. The summed E-state index contributed by atoms with van der Waals surface area (Å²) in [7, 11) is 0. The van der Waals surface area contributed by atoms with E-state index < -0.39 is 23.4 Å². The standard InChI is InChI=1S/C11H13F2NO.ClH/c12-8-4-3-7(11(15)10(8)13)9(14)5-6-1-2-6;/h3-4,6,9,15H,1-2,5,14H2;1H/t9-;/m0./s1. The highest BCUT2D eigenvalue weighted by molar-refractivity contribution is 5.85. The lowest BCUT2D eigenvalue weighted by atomic mass is 10.0. The Labute approximate surface area is 98.9 Å². The smallest absolute Gasteiger partial charge is 0.200 e. The van der Waals surface area contributed by atoms with Crippen molar-refractivity contribution in [2.45, 2.75) is 25.3 Å². The third-order valence-electron chi connectivity index (χ3n) is 2.78. The number of halogens is 3. The first-order chi connectivity index (χ1) is 7.09. The highest BCUT2D eigenvalue weighted by Crippen LogP contribution is 2.39. The fraction of sp³-hybridized carbons (Fsp3) is 0.455. The van der Waals surface area contributed by atoms with E-state index in [4.69, 9.17) is 5.73 Å². The molecule has 0 heterocycles. The van der Waals surface area contributed by atoms with Gasteiger partial charge in [0.25, 0.3) is 0 Å². The summed E-state index contributed by atoms with van der Waals surface area (Å²) >= 11 is 0. The molecule has 0 unspecified atom stereocenters. The minimum atomic E-state index is -1.21. The van der Waals surface area contributed by atoms with E-state index in [2.05, 4.69) is 0 Å². The van der Waals surface area contributed by atoms with Gasteiger partial charge in [0.1, 0.15) is 0 Å². The average Bonchev–Trinajstić information content (AvgIpc) is 2.98. The summed E-state index contributed by atoms with van der Waals surface area (Å²) in [4.78, 5) is 0. The quantitative estimate of drug-likeness (QED) is 0.865. The Kier molecular flexibility index (Phi) is 4.10. The summed E-state index contributed by atoms with van der Waals surface area (Å²) in [6.45, 7) is 0. The van der Waals surface area contributed by atoms with Gasteiger partial charge >= 0.3 is 0 Å². The summed E-state index contributed by atoms with van der Waals surface area (Å²) in [5.74, 6) is -2.33. The molecular weight excluding hydrogens is 236 g/mol. The van der Waals surface area contributed by atoms with Crippen molar-refractivity contribution in [2.24, 2.45) is 11.7 Å². The minimum absolute atomic E-state index is 0. The van der Waals surface area contributed by atoms with Crippen LogP contribution < -0.4 is 5.73 Å². The van der Waals surface area contributed by atoms with Gasteiger partial charge < -0.3 is 10.8 Å². The van der Waals surface area contributed by atoms with Crippen LogP contribution in [0.5, 0.6) is 5.75 Å². The van der Waals surface area contributed by atoms with Crippen LogP contribution in [-0.4, -0.2) is 5.11 Å². The van der Waals surface area contributed by atoms with E-state index in [0.29, 0.717) is 11.5 Å². The molecule has 0 radical (unpaired) electrons. The second kappa shape index (κ2) is 4.97. The second-order valence-electron chi connectivity index (χ2n) is 4.08. The van der Waals surface area contributed by atoms with Crippen molar-refractivity contribution < 1.29 is 13.9 Å². The van der Waals surface area contributed by atoms with Crippen LogP contribution in [0.4, 0.5) is 8.78 Å². The van der Waals surface area contributed by atoms with Crippen LogP contribution >= 0.6 is 12.4 Å². The maximum atomic E-state index is 13.0. The summed E-state index contributed by atoms with van der Waals surface area (Å²) in [5.41, 5.74) is 6.10. The van der Waals surface area contributed by atoms with E-state index >= 15 is 0 Å². The molecule has 1 aliphatic carbocycles. The lowest BCUT2D eigenvalue weighted by Crippen LogP contribution is -2.12. The first-order valence-corrected chi connectivity index (χ1v) is 5.02. The highest BCUT2D eigenvalue weighted by atomic mass is 35.5. The number of rotatable bonds is 3. The molecule has 2 rings (SSSR count). The minimum Gasteiger partial charge on any atom is -0.505 e. The Balaban J connectivity index is 0.00000128. The number of benzene rings is 1. The van der Waals surface area contributed by atoms with Crippen LogP contribution in [0.2, 0.25) is 0 Å². The third kappa shape index (κ3) is 2.62. The van der Waals surface area contributed by atoms with E-state index in [0.717, 1.165) is 25.3 Å². The van der Waals surface area contributed by atoms with E-state index in [-0.39, 0.29) is 12.4 Å². The molecule has 1 fully saturated rings. The van der Waals surface area contributed by atoms with Gasteiger partial charge in [-0.25, -0.2) is 4.39 Å². The Morgan fingerprint density at radius 3 is 2.56 bits per heavy atom. The monoisotopic (exact) mass is 249 g/mol. The molecule has 1 aromatic carbocycles. The molecule has 1 atom stereocenters. The Bertz CT molecular complexity index is 382. The molecule has 16 heavy (non-hydrogen) atoms. The molecule has 0 aromatic heterocycles. The van der Waals surface area contributed by atoms with Gasteiger partial charge in [0.15, 0.2) is 11.6 Å². The Morgan fingerprint density at radius 1 is 1.38 bits per heavy atom. The molecule has 0 spiro atoms. The zero-order chi connectivity index (χ0) is 11.0. The van der Waals surface area contributed by atoms with E-state index in [1.807, 2.05) is 0 Å². The number of hydrogen-bond donors (Lipinski definition) is 2. The van der Waals surface area contributed by atoms with Crippen molar-refractivity contribution in [3.63, 3.8) is 0 Å². The lowest BCUT2D eigenvalue weighted by Gasteiger charge is -2.13. The summed E-state index contributed by atoms with van der Waals surface area (Å²) in [5, 5.41) is 9.39. The highest BCUT2D eigenvalue weighted by Gasteiger charge is 2.26. The van der Waals surface area contributed by atoms with Gasteiger partial charge in [-0.3, -0.25) is 0 Å².